The highest BCUT2D eigenvalue weighted by Crippen LogP contribution is 2.29. The number of amides is 1. The summed E-state index contributed by atoms with van der Waals surface area (Å²) in [6.45, 7) is 7.31. The van der Waals surface area contributed by atoms with Gasteiger partial charge in [0.25, 0.3) is 0 Å². The Morgan fingerprint density at radius 2 is 2.38 bits per heavy atom. The molecule has 2 fully saturated rings. The smallest absolute Gasteiger partial charge is 0.236 e. The molecule has 1 N–H and O–H groups in total. The fraction of sp³-hybridized carbons (Fsp3) is 0.917. The fourth-order valence-electron chi connectivity index (χ4n) is 2.47. The lowest BCUT2D eigenvalue weighted by atomic mass is 10.1. The van der Waals surface area contributed by atoms with Gasteiger partial charge in [0.2, 0.25) is 5.91 Å². The third-order valence-corrected chi connectivity index (χ3v) is 3.39. The van der Waals surface area contributed by atoms with Crippen molar-refractivity contribution in [3.63, 3.8) is 0 Å². The molecule has 0 spiro atoms. The fourth-order valence-corrected chi connectivity index (χ4v) is 2.47. The van der Waals surface area contributed by atoms with Crippen LogP contribution in [0.5, 0.6) is 0 Å². The second-order valence-corrected chi connectivity index (χ2v) is 5.41. The summed E-state index contributed by atoms with van der Waals surface area (Å²) in [6.07, 6.45) is 3.45. The maximum Gasteiger partial charge on any atom is 0.236 e. The molecule has 2 rings (SSSR count). The van der Waals surface area contributed by atoms with Crippen molar-refractivity contribution in [2.45, 2.75) is 44.8 Å². The van der Waals surface area contributed by atoms with Crippen LogP contribution in [0.1, 0.15) is 33.1 Å². The van der Waals surface area contributed by atoms with Gasteiger partial charge in [0.05, 0.1) is 18.2 Å². The van der Waals surface area contributed by atoms with Crippen LogP contribution in [0, 0.1) is 0 Å². The lowest BCUT2D eigenvalue weighted by molar-refractivity contribution is -0.132. The molecule has 0 aromatic carbocycles. The Morgan fingerprint density at radius 1 is 1.56 bits per heavy atom. The summed E-state index contributed by atoms with van der Waals surface area (Å²) in [4.78, 5) is 13.7. The molecule has 92 valence electrons. The highest BCUT2D eigenvalue weighted by molar-refractivity contribution is 5.78. The predicted molar refractivity (Wildman–Crippen MR) is 62.3 cm³/mol. The quantitative estimate of drug-likeness (QED) is 0.756. The first-order chi connectivity index (χ1) is 7.57. The standard InChI is InChI=1S/C12H22N2O2/c1-12(2)5-4-10(16-12)9-14-7-3-6-13-8-11(14)15/h10,13H,3-9H2,1-2H3. The van der Waals surface area contributed by atoms with Crippen molar-refractivity contribution >= 4 is 5.91 Å². The number of nitrogens with one attached hydrogen (secondary N) is 1. The van der Waals surface area contributed by atoms with Gasteiger partial charge in [0.15, 0.2) is 0 Å². The molecular formula is C12H22N2O2. The molecule has 4 heteroatoms. The van der Waals surface area contributed by atoms with E-state index >= 15 is 0 Å². The number of carbonyl (C=O) groups excluding carboxylic acids is 1. The molecular weight excluding hydrogens is 204 g/mol. The van der Waals surface area contributed by atoms with Crippen LogP contribution in [0.4, 0.5) is 0 Å². The van der Waals surface area contributed by atoms with Gasteiger partial charge in [-0.25, -0.2) is 0 Å². The second kappa shape index (κ2) is 4.72. The SMILES string of the molecule is CC1(C)CCC(CN2CCCNCC2=O)O1. The molecule has 0 radical (unpaired) electrons. The molecule has 0 aliphatic carbocycles. The Bertz CT molecular complexity index is 266. The Morgan fingerprint density at radius 3 is 3.06 bits per heavy atom. The number of hydrogen-bond donors (Lipinski definition) is 1. The summed E-state index contributed by atoms with van der Waals surface area (Å²) in [5, 5.41) is 3.14. The monoisotopic (exact) mass is 226 g/mol. The van der Waals surface area contributed by atoms with E-state index in [1.54, 1.807) is 0 Å². The van der Waals surface area contributed by atoms with Gasteiger partial charge in [-0.2, -0.15) is 0 Å². The van der Waals surface area contributed by atoms with E-state index in [9.17, 15) is 4.79 Å². The zero-order valence-electron chi connectivity index (χ0n) is 10.3. The highest BCUT2D eigenvalue weighted by Gasteiger charge is 2.33. The highest BCUT2D eigenvalue weighted by atomic mass is 16.5. The second-order valence-electron chi connectivity index (χ2n) is 5.41. The van der Waals surface area contributed by atoms with Crippen LogP contribution < -0.4 is 5.32 Å². The Balaban J connectivity index is 1.86. The maximum atomic E-state index is 11.8. The van der Waals surface area contributed by atoms with Crippen molar-refractivity contribution in [2.24, 2.45) is 0 Å². The average molecular weight is 226 g/mol. The molecule has 0 aromatic heterocycles. The zero-order chi connectivity index (χ0) is 11.6. The van der Waals surface area contributed by atoms with E-state index in [0.717, 1.165) is 38.9 Å². The minimum atomic E-state index is -0.00217. The van der Waals surface area contributed by atoms with Gasteiger partial charge in [0.1, 0.15) is 0 Å². The number of nitrogens with zero attached hydrogens (tertiary/aromatic N) is 1. The van der Waals surface area contributed by atoms with Crippen molar-refractivity contribution < 1.29 is 9.53 Å². The number of carbonyl (C=O) groups is 1. The minimum absolute atomic E-state index is 0.00217. The summed E-state index contributed by atoms with van der Waals surface area (Å²) < 4.78 is 5.93. The van der Waals surface area contributed by atoms with Gasteiger partial charge in [-0.05, 0) is 39.7 Å². The molecule has 2 aliphatic rings. The van der Waals surface area contributed by atoms with Crippen LogP contribution in [0.3, 0.4) is 0 Å². The first kappa shape index (κ1) is 11.9. The van der Waals surface area contributed by atoms with Crippen molar-refractivity contribution in [3.8, 4) is 0 Å². The number of ether oxygens (including phenoxy) is 1. The molecule has 1 amide bonds. The van der Waals surface area contributed by atoms with E-state index in [1.807, 2.05) is 4.90 Å². The molecule has 0 saturated carbocycles. The molecule has 2 heterocycles. The lowest BCUT2D eigenvalue weighted by Gasteiger charge is -2.25. The molecule has 4 nitrogen and oxygen atoms in total. The van der Waals surface area contributed by atoms with Crippen LogP contribution >= 0.6 is 0 Å². The molecule has 16 heavy (non-hydrogen) atoms. The molecule has 1 unspecified atom stereocenters. The van der Waals surface area contributed by atoms with E-state index in [1.165, 1.54) is 0 Å². The van der Waals surface area contributed by atoms with E-state index in [2.05, 4.69) is 19.2 Å². The van der Waals surface area contributed by atoms with Crippen LogP contribution in [-0.4, -0.2) is 48.7 Å². The minimum Gasteiger partial charge on any atom is -0.371 e. The van der Waals surface area contributed by atoms with Crippen molar-refractivity contribution in [3.05, 3.63) is 0 Å². The summed E-state index contributed by atoms with van der Waals surface area (Å²) in [5.41, 5.74) is -0.00217. The average Bonchev–Trinajstić information content (AvgIpc) is 2.41. The summed E-state index contributed by atoms with van der Waals surface area (Å²) in [5.74, 6) is 0.214. The Kier molecular flexibility index (Phi) is 3.50. The van der Waals surface area contributed by atoms with Crippen LogP contribution in [-0.2, 0) is 9.53 Å². The molecule has 0 aromatic rings. The Labute approximate surface area is 97.3 Å². The number of hydrogen-bond acceptors (Lipinski definition) is 3. The third kappa shape index (κ3) is 2.95. The molecule has 2 saturated heterocycles. The predicted octanol–water partition coefficient (Wildman–Crippen LogP) is 0.766. The zero-order valence-corrected chi connectivity index (χ0v) is 10.3. The largest absolute Gasteiger partial charge is 0.371 e. The molecule has 2 aliphatic heterocycles. The van der Waals surface area contributed by atoms with Crippen molar-refractivity contribution in [1.29, 1.82) is 0 Å². The third-order valence-electron chi connectivity index (χ3n) is 3.39. The van der Waals surface area contributed by atoms with Gasteiger partial charge in [-0.1, -0.05) is 0 Å². The summed E-state index contributed by atoms with van der Waals surface area (Å²) in [7, 11) is 0. The summed E-state index contributed by atoms with van der Waals surface area (Å²) in [6, 6.07) is 0. The van der Waals surface area contributed by atoms with Crippen molar-refractivity contribution in [2.75, 3.05) is 26.2 Å². The van der Waals surface area contributed by atoms with Gasteiger partial charge >= 0.3 is 0 Å². The van der Waals surface area contributed by atoms with Crippen molar-refractivity contribution in [1.82, 2.24) is 10.2 Å². The van der Waals surface area contributed by atoms with Crippen LogP contribution in [0.15, 0.2) is 0 Å². The van der Waals surface area contributed by atoms with Crippen LogP contribution in [0.2, 0.25) is 0 Å². The molecule has 0 bridgehead atoms. The van der Waals surface area contributed by atoms with E-state index in [-0.39, 0.29) is 17.6 Å². The maximum absolute atomic E-state index is 11.8. The topological polar surface area (TPSA) is 41.6 Å². The molecule has 1 atom stereocenters. The van der Waals surface area contributed by atoms with Gasteiger partial charge in [-0.15, -0.1) is 0 Å². The van der Waals surface area contributed by atoms with Gasteiger partial charge in [-0.3, -0.25) is 4.79 Å². The van der Waals surface area contributed by atoms with E-state index in [0.29, 0.717) is 6.54 Å². The summed E-state index contributed by atoms with van der Waals surface area (Å²) >= 11 is 0. The van der Waals surface area contributed by atoms with E-state index < -0.39 is 0 Å². The van der Waals surface area contributed by atoms with Gasteiger partial charge < -0.3 is 15.0 Å². The normalized spacial score (nSPS) is 30.5. The first-order valence-corrected chi connectivity index (χ1v) is 6.23. The Hall–Kier alpha value is -0.610. The van der Waals surface area contributed by atoms with E-state index in [4.69, 9.17) is 4.74 Å². The first-order valence-electron chi connectivity index (χ1n) is 6.23. The van der Waals surface area contributed by atoms with Crippen LogP contribution in [0.25, 0.3) is 0 Å². The lowest BCUT2D eigenvalue weighted by Crippen LogP contribution is -2.40. The number of rotatable bonds is 2. The van der Waals surface area contributed by atoms with Gasteiger partial charge in [0, 0.05) is 13.1 Å².